The summed E-state index contributed by atoms with van der Waals surface area (Å²) in [6, 6.07) is 0.362. The highest BCUT2D eigenvalue weighted by Crippen LogP contribution is 2.29. The fourth-order valence-electron chi connectivity index (χ4n) is 1.74. The zero-order valence-electron chi connectivity index (χ0n) is 11.9. The van der Waals surface area contributed by atoms with Gasteiger partial charge in [0.05, 0.1) is 7.11 Å². The van der Waals surface area contributed by atoms with Gasteiger partial charge in [-0.25, -0.2) is 9.97 Å². The molecule has 0 fully saturated rings. The Morgan fingerprint density at radius 1 is 1.17 bits per heavy atom. The van der Waals surface area contributed by atoms with Crippen LogP contribution in [0.15, 0.2) is 6.33 Å². The summed E-state index contributed by atoms with van der Waals surface area (Å²) in [4.78, 5) is 8.36. The molecule has 0 aliphatic carbocycles. The molecule has 0 saturated carbocycles. The van der Waals surface area contributed by atoms with Gasteiger partial charge < -0.3 is 15.4 Å². The number of nitrogens with one attached hydrogen (secondary N) is 2. The van der Waals surface area contributed by atoms with Crippen LogP contribution in [0.2, 0.25) is 0 Å². The van der Waals surface area contributed by atoms with Gasteiger partial charge in [0, 0.05) is 13.1 Å². The van der Waals surface area contributed by atoms with Crippen molar-refractivity contribution in [3.05, 3.63) is 6.33 Å². The summed E-state index contributed by atoms with van der Waals surface area (Å²) >= 11 is 0. The molecule has 0 amide bonds. The van der Waals surface area contributed by atoms with Crippen LogP contribution in [-0.2, 0) is 0 Å². The Balaban J connectivity index is 2.71. The van der Waals surface area contributed by atoms with E-state index in [1.165, 1.54) is 12.7 Å². The fraction of sp³-hybridized carbons (Fsp3) is 0.692. The lowest BCUT2D eigenvalue weighted by Gasteiger charge is -2.18. The Morgan fingerprint density at radius 3 is 2.39 bits per heavy atom. The first-order valence-electron chi connectivity index (χ1n) is 6.41. The molecule has 1 aromatic rings. The predicted molar refractivity (Wildman–Crippen MR) is 75.3 cm³/mol. The minimum Gasteiger partial charge on any atom is -0.490 e. The predicted octanol–water partition coefficient (Wildman–Crippen LogP) is 2.76. The molecule has 0 radical (unpaired) electrons. The SMILES string of the molecule is CNc1ncnc(NC(C)CCC(C)C)c1OC. The Morgan fingerprint density at radius 2 is 1.83 bits per heavy atom. The second-order valence-corrected chi connectivity index (χ2v) is 4.87. The Kier molecular flexibility index (Phi) is 5.68. The first kappa shape index (κ1) is 14.5. The normalized spacial score (nSPS) is 12.3. The molecule has 1 unspecified atom stereocenters. The zero-order chi connectivity index (χ0) is 13.5. The quantitative estimate of drug-likeness (QED) is 0.781. The van der Waals surface area contributed by atoms with Gasteiger partial charge in [0.2, 0.25) is 5.75 Å². The van der Waals surface area contributed by atoms with E-state index in [0.717, 1.165) is 18.2 Å². The maximum atomic E-state index is 5.34. The summed E-state index contributed by atoms with van der Waals surface area (Å²) in [7, 11) is 3.44. The molecular formula is C13H24N4O. The minimum atomic E-state index is 0.362. The molecule has 0 bridgehead atoms. The number of ether oxygens (including phenoxy) is 1. The second-order valence-electron chi connectivity index (χ2n) is 4.87. The van der Waals surface area contributed by atoms with Gasteiger partial charge in [0.15, 0.2) is 11.6 Å². The van der Waals surface area contributed by atoms with Crippen molar-refractivity contribution < 1.29 is 4.74 Å². The third kappa shape index (κ3) is 4.05. The lowest BCUT2D eigenvalue weighted by molar-refractivity contribution is 0.414. The van der Waals surface area contributed by atoms with Gasteiger partial charge in [-0.15, -0.1) is 0 Å². The number of aromatic nitrogens is 2. The Labute approximate surface area is 109 Å². The zero-order valence-corrected chi connectivity index (χ0v) is 11.9. The monoisotopic (exact) mass is 252 g/mol. The van der Waals surface area contributed by atoms with E-state index in [4.69, 9.17) is 4.74 Å². The first-order valence-corrected chi connectivity index (χ1v) is 6.41. The Hall–Kier alpha value is -1.52. The maximum absolute atomic E-state index is 5.34. The van der Waals surface area contributed by atoms with Gasteiger partial charge >= 0.3 is 0 Å². The van der Waals surface area contributed by atoms with Crippen LogP contribution in [0.3, 0.4) is 0 Å². The van der Waals surface area contributed by atoms with E-state index in [-0.39, 0.29) is 0 Å². The van der Waals surface area contributed by atoms with Crippen LogP contribution in [0, 0.1) is 5.92 Å². The van der Waals surface area contributed by atoms with Crippen LogP contribution in [0.1, 0.15) is 33.6 Å². The van der Waals surface area contributed by atoms with Gasteiger partial charge in [-0.05, 0) is 25.7 Å². The summed E-state index contributed by atoms with van der Waals surface area (Å²) in [5.74, 6) is 2.82. The molecule has 0 aliphatic heterocycles. The fourth-order valence-corrected chi connectivity index (χ4v) is 1.74. The van der Waals surface area contributed by atoms with Crippen LogP contribution in [0.5, 0.6) is 5.75 Å². The van der Waals surface area contributed by atoms with Gasteiger partial charge in [-0.3, -0.25) is 0 Å². The van der Waals surface area contributed by atoms with Crippen molar-refractivity contribution in [2.45, 2.75) is 39.7 Å². The van der Waals surface area contributed by atoms with E-state index < -0.39 is 0 Å². The van der Waals surface area contributed by atoms with Crippen molar-refractivity contribution in [2.75, 3.05) is 24.8 Å². The summed E-state index contributed by atoms with van der Waals surface area (Å²) in [6.45, 7) is 6.62. The van der Waals surface area contributed by atoms with Crippen molar-refractivity contribution in [3.63, 3.8) is 0 Å². The molecule has 0 saturated heterocycles. The van der Waals surface area contributed by atoms with Crippen molar-refractivity contribution in [3.8, 4) is 5.75 Å². The topological polar surface area (TPSA) is 59.1 Å². The number of rotatable bonds is 7. The van der Waals surface area contributed by atoms with Crippen LogP contribution in [0.25, 0.3) is 0 Å². The minimum absolute atomic E-state index is 0.362. The summed E-state index contributed by atoms with van der Waals surface area (Å²) in [5.41, 5.74) is 0. The van der Waals surface area contributed by atoms with E-state index in [9.17, 15) is 0 Å². The van der Waals surface area contributed by atoms with Crippen molar-refractivity contribution in [2.24, 2.45) is 5.92 Å². The highest BCUT2D eigenvalue weighted by atomic mass is 16.5. The first-order chi connectivity index (χ1) is 8.58. The van der Waals surface area contributed by atoms with Crippen LogP contribution in [0.4, 0.5) is 11.6 Å². The molecule has 1 rings (SSSR count). The summed E-state index contributed by atoms with van der Waals surface area (Å²) in [6.07, 6.45) is 3.84. The molecule has 0 aliphatic rings. The van der Waals surface area contributed by atoms with E-state index in [1.54, 1.807) is 7.11 Å². The molecule has 5 nitrogen and oxygen atoms in total. The molecule has 1 atom stereocenters. The van der Waals surface area contributed by atoms with E-state index in [2.05, 4.69) is 41.4 Å². The number of hydrogen-bond acceptors (Lipinski definition) is 5. The second kappa shape index (κ2) is 7.03. The van der Waals surface area contributed by atoms with E-state index >= 15 is 0 Å². The molecule has 1 heterocycles. The smallest absolute Gasteiger partial charge is 0.204 e. The molecule has 0 aromatic carbocycles. The molecule has 1 aromatic heterocycles. The average Bonchev–Trinajstić information content (AvgIpc) is 2.36. The van der Waals surface area contributed by atoms with Crippen molar-refractivity contribution >= 4 is 11.6 Å². The third-order valence-electron chi connectivity index (χ3n) is 2.80. The van der Waals surface area contributed by atoms with Gasteiger partial charge in [0.1, 0.15) is 6.33 Å². The lowest BCUT2D eigenvalue weighted by atomic mass is 10.0. The summed E-state index contributed by atoms with van der Waals surface area (Å²) < 4.78 is 5.34. The summed E-state index contributed by atoms with van der Waals surface area (Å²) in [5, 5.41) is 6.37. The van der Waals surface area contributed by atoms with Crippen molar-refractivity contribution in [1.82, 2.24) is 9.97 Å². The molecule has 2 N–H and O–H groups in total. The number of methoxy groups -OCH3 is 1. The maximum Gasteiger partial charge on any atom is 0.204 e. The standard InChI is InChI=1S/C13H24N4O/c1-9(2)6-7-10(3)17-13-11(18-5)12(14-4)15-8-16-13/h8-10H,6-7H2,1-5H3,(H2,14,15,16,17). The molecule has 18 heavy (non-hydrogen) atoms. The Bertz CT molecular complexity index is 368. The lowest BCUT2D eigenvalue weighted by Crippen LogP contribution is -2.18. The molecule has 102 valence electrons. The average molecular weight is 252 g/mol. The largest absolute Gasteiger partial charge is 0.490 e. The van der Waals surface area contributed by atoms with E-state index in [1.807, 2.05) is 7.05 Å². The molecule has 0 spiro atoms. The molecular weight excluding hydrogens is 228 g/mol. The third-order valence-corrected chi connectivity index (χ3v) is 2.80. The van der Waals surface area contributed by atoms with Crippen LogP contribution >= 0.6 is 0 Å². The van der Waals surface area contributed by atoms with Crippen molar-refractivity contribution in [1.29, 1.82) is 0 Å². The van der Waals surface area contributed by atoms with Crippen LogP contribution < -0.4 is 15.4 Å². The van der Waals surface area contributed by atoms with Gasteiger partial charge in [0.25, 0.3) is 0 Å². The number of hydrogen-bond donors (Lipinski definition) is 2. The van der Waals surface area contributed by atoms with E-state index in [0.29, 0.717) is 17.6 Å². The van der Waals surface area contributed by atoms with Crippen LogP contribution in [-0.4, -0.2) is 30.2 Å². The van der Waals surface area contributed by atoms with Gasteiger partial charge in [-0.1, -0.05) is 13.8 Å². The highest BCUT2D eigenvalue weighted by molar-refractivity contribution is 5.63. The number of nitrogens with zero attached hydrogens (tertiary/aromatic N) is 2. The van der Waals surface area contributed by atoms with Gasteiger partial charge in [-0.2, -0.15) is 0 Å². The highest BCUT2D eigenvalue weighted by Gasteiger charge is 2.13. The molecule has 5 heteroatoms. The number of anilines is 2.